The Morgan fingerprint density at radius 1 is 1.60 bits per heavy atom. The molecule has 1 radical (unpaired) electrons. The summed E-state index contributed by atoms with van der Waals surface area (Å²) in [5, 5.41) is 0. The van der Waals surface area contributed by atoms with E-state index in [4.69, 9.17) is 4.55 Å². The summed E-state index contributed by atoms with van der Waals surface area (Å²) in [6.45, 7) is 0. The predicted octanol–water partition coefficient (Wildman–Crippen LogP) is -2.90. The maximum atomic E-state index is 8.85. The van der Waals surface area contributed by atoms with Crippen molar-refractivity contribution in [2.24, 2.45) is 0 Å². The fourth-order valence-electron chi connectivity index (χ4n) is 0. The molecule has 0 aromatic rings. The molecular formula is CH3K2OS. The van der Waals surface area contributed by atoms with Crippen LogP contribution < -0.4 is 51.4 Å². The summed E-state index contributed by atoms with van der Waals surface area (Å²) in [5.41, 5.74) is 0. The minimum Gasteiger partial charge on any atom is -0.799 e. The van der Waals surface area contributed by atoms with Crippen molar-refractivity contribution < 1.29 is 55.9 Å². The minimum absolute atomic E-state index is 0. The normalized spacial score (nSPS) is 3.60. The van der Waals surface area contributed by atoms with Crippen molar-refractivity contribution in [1.82, 2.24) is 0 Å². The SMILES string of the molecule is CS[O-].[K+].[K]. The quantitative estimate of drug-likeness (QED) is 0.267. The molecule has 0 aromatic heterocycles. The van der Waals surface area contributed by atoms with Gasteiger partial charge in [0, 0.05) is 51.4 Å². The summed E-state index contributed by atoms with van der Waals surface area (Å²) < 4.78 is 8.85. The molecule has 0 aliphatic heterocycles. The van der Waals surface area contributed by atoms with Gasteiger partial charge in [0.15, 0.2) is 0 Å². The summed E-state index contributed by atoms with van der Waals surface area (Å²) in [6.07, 6.45) is 1.49. The fourth-order valence-corrected chi connectivity index (χ4v) is 0. The molecule has 0 rings (SSSR count). The smallest absolute Gasteiger partial charge is 0.799 e. The van der Waals surface area contributed by atoms with Crippen molar-refractivity contribution in [3.63, 3.8) is 0 Å². The van der Waals surface area contributed by atoms with Crippen molar-refractivity contribution >= 4 is 63.4 Å². The first-order chi connectivity index (χ1) is 1.41. The molecule has 0 amide bonds. The van der Waals surface area contributed by atoms with Crippen molar-refractivity contribution in [3.05, 3.63) is 0 Å². The Balaban J connectivity index is -0.0000000200. The zero-order valence-electron chi connectivity index (χ0n) is 3.82. The number of hydrogen-bond acceptors (Lipinski definition) is 2. The van der Waals surface area contributed by atoms with Crippen molar-refractivity contribution in [2.45, 2.75) is 0 Å². The minimum atomic E-state index is 0. The topological polar surface area (TPSA) is 23.1 Å². The van der Waals surface area contributed by atoms with Crippen molar-refractivity contribution in [3.8, 4) is 0 Å². The summed E-state index contributed by atoms with van der Waals surface area (Å²) in [5.74, 6) is 0. The van der Waals surface area contributed by atoms with Crippen LogP contribution in [0.25, 0.3) is 0 Å². The second-order valence-corrected chi connectivity index (χ2v) is 0.500. The molecule has 0 saturated heterocycles. The van der Waals surface area contributed by atoms with E-state index >= 15 is 0 Å². The maximum Gasteiger partial charge on any atom is 1.00 e. The van der Waals surface area contributed by atoms with E-state index in [0.717, 1.165) is 0 Å². The summed E-state index contributed by atoms with van der Waals surface area (Å²) >= 11 is 0.500. The molecule has 4 heteroatoms. The summed E-state index contributed by atoms with van der Waals surface area (Å²) in [4.78, 5) is 0. The molecule has 21 valence electrons. The van der Waals surface area contributed by atoms with Gasteiger partial charge in [-0.2, -0.15) is 0 Å². The monoisotopic (exact) mass is 141 g/mol. The third-order valence-corrected chi connectivity index (χ3v) is 0. The second-order valence-electron chi connectivity index (χ2n) is 0.167. The van der Waals surface area contributed by atoms with Crippen molar-refractivity contribution in [2.75, 3.05) is 6.26 Å². The first-order valence-electron chi connectivity index (χ1n) is 0.575. The molecule has 0 fully saturated rings. The van der Waals surface area contributed by atoms with E-state index in [1.54, 1.807) is 0 Å². The summed E-state index contributed by atoms with van der Waals surface area (Å²) in [7, 11) is 0. The van der Waals surface area contributed by atoms with Crippen LogP contribution in [0.1, 0.15) is 0 Å². The van der Waals surface area contributed by atoms with Gasteiger partial charge in [-0.3, -0.25) is 12.0 Å². The van der Waals surface area contributed by atoms with E-state index in [2.05, 4.69) is 0 Å². The molecule has 0 aliphatic rings. The van der Waals surface area contributed by atoms with E-state index in [0.29, 0.717) is 12.0 Å². The molecule has 0 aromatic carbocycles. The summed E-state index contributed by atoms with van der Waals surface area (Å²) in [6, 6.07) is 0. The zero-order chi connectivity index (χ0) is 2.71. The van der Waals surface area contributed by atoms with E-state index in [1.165, 1.54) is 6.26 Å². The molecule has 0 spiro atoms. The molecule has 0 bridgehead atoms. The molecule has 0 aliphatic carbocycles. The molecule has 0 unspecified atom stereocenters. The van der Waals surface area contributed by atoms with Gasteiger partial charge in [-0.05, 0) is 6.26 Å². The van der Waals surface area contributed by atoms with Crippen LogP contribution in [0.2, 0.25) is 0 Å². The molecule has 0 N–H and O–H groups in total. The number of rotatable bonds is 0. The van der Waals surface area contributed by atoms with Gasteiger partial charge in [0.2, 0.25) is 0 Å². The van der Waals surface area contributed by atoms with Gasteiger partial charge >= 0.3 is 51.4 Å². The van der Waals surface area contributed by atoms with Crippen molar-refractivity contribution in [1.29, 1.82) is 0 Å². The predicted molar refractivity (Wildman–Crippen MR) is 20.0 cm³/mol. The van der Waals surface area contributed by atoms with Crippen LogP contribution in [-0.4, -0.2) is 62.2 Å². The molecule has 0 atom stereocenters. The van der Waals surface area contributed by atoms with Crippen LogP contribution in [0.3, 0.4) is 0 Å². The average Bonchev–Trinajstić information content (AvgIpc) is 0.918. The average molecular weight is 141 g/mol. The Morgan fingerprint density at radius 2 is 1.60 bits per heavy atom. The molecular weight excluding hydrogens is 138 g/mol. The van der Waals surface area contributed by atoms with Crippen LogP contribution in [-0.2, 0) is 0 Å². The third kappa shape index (κ3) is 18.4. The standard InChI is InChI=1S/CH4OS.2K/c1-3-2;;/h2H,1H3;;/q;;+1/p-1. The van der Waals surface area contributed by atoms with E-state index in [9.17, 15) is 0 Å². The van der Waals surface area contributed by atoms with E-state index in [-0.39, 0.29) is 103 Å². The van der Waals surface area contributed by atoms with Crippen LogP contribution in [0.15, 0.2) is 0 Å². The molecule has 1 nitrogen and oxygen atoms in total. The molecule has 0 saturated carbocycles. The van der Waals surface area contributed by atoms with Gasteiger partial charge < -0.3 is 4.55 Å². The number of hydrogen-bond donors (Lipinski definition) is 0. The molecule has 0 heterocycles. The van der Waals surface area contributed by atoms with E-state index < -0.39 is 0 Å². The Bertz CT molecular complexity index is 9.61. The largest absolute Gasteiger partial charge is 1.00 e. The Hall–Kier alpha value is 3.58. The van der Waals surface area contributed by atoms with Gasteiger partial charge in [0.1, 0.15) is 0 Å². The Morgan fingerprint density at radius 3 is 1.60 bits per heavy atom. The second kappa shape index (κ2) is 15.6. The molecule has 5 heavy (non-hydrogen) atoms. The van der Waals surface area contributed by atoms with Gasteiger partial charge in [0.25, 0.3) is 0 Å². The van der Waals surface area contributed by atoms with Crippen LogP contribution in [0.5, 0.6) is 0 Å². The van der Waals surface area contributed by atoms with Crippen LogP contribution in [0, 0.1) is 0 Å². The van der Waals surface area contributed by atoms with Crippen LogP contribution >= 0.6 is 12.0 Å². The van der Waals surface area contributed by atoms with Gasteiger partial charge in [-0.25, -0.2) is 0 Å². The van der Waals surface area contributed by atoms with Gasteiger partial charge in [-0.15, -0.1) is 0 Å². The third-order valence-electron chi connectivity index (χ3n) is 0. The van der Waals surface area contributed by atoms with E-state index in [1.807, 2.05) is 0 Å². The first-order valence-corrected chi connectivity index (χ1v) is 1.72. The zero-order valence-corrected chi connectivity index (χ0v) is 10.9. The Kier molecular flexibility index (Phi) is 49.5. The fraction of sp³-hybridized carbons (Fsp3) is 1.00. The maximum absolute atomic E-state index is 8.85. The van der Waals surface area contributed by atoms with Gasteiger partial charge in [-0.1, -0.05) is 0 Å². The first kappa shape index (κ1) is 15.8. The van der Waals surface area contributed by atoms with Crippen LogP contribution in [0.4, 0.5) is 0 Å². The van der Waals surface area contributed by atoms with Gasteiger partial charge in [0.05, 0.1) is 0 Å². The Labute approximate surface area is 122 Å².